The van der Waals surface area contributed by atoms with E-state index >= 15 is 0 Å². The number of aromatic amines is 1. The van der Waals surface area contributed by atoms with Crippen LogP contribution < -0.4 is 16.1 Å². The third-order valence-electron chi connectivity index (χ3n) is 5.13. The molecule has 1 fully saturated rings. The lowest BCUT2D eigenvalue weighted by molar-refractivity contribution is 0.0197. The molecule has 4 N–H and O–H groups in total. The zero-order chi connectivity index (χ0) is 20.9. The average molecular weight is 416 g/mol. The number of hydrogen-bond acceptors (Lipinski definition) is 8. The van der Waals surface area contributed by atoms with Gasteiger partial charge in [0.15, 0.2) is 0 Å². The molecule has 0 amide bonds. The molecule has 3 aromatic rings. The highest BCUT2D eigenvalue weighted by Gasteiger charge is 2.24. The van der Waals surface area contributed by atoms with Crippen LogP contribution in [-0.4, -0.2) is 60.6 Å². The van der Waals surface area contributed by atoms with Crippen molar-refractivity contribution < 1.29 is 4.74 Å². The zero-order valence-electron chi connectivity index (χ0n) is 17.0. The van der Waals surface area contributed by atoms with Crippen LogP contribution in [0.3, 0.4) is 0 Å². The minimum absolute atomic E-state index is 0.345. The van der Waals surface area contributed by atoms with Gasteiger partial charge in [0.2, 0.25) is 18.2 Å². The van der Waals surface area contributed by atoms with Gasteiger partial charge in [-0.2, -0.15) is 5.10 Å². The van der Waals surface area contributed by atoms with Crippen LogP contribution in [0, 0.1) is 0 Å². The molecule has 2 aliphatic rings. The lowest BCUT2D eigenvalue weighted by Gasteiger charge is -2.32. The minimum atomic E-state index is -0.345. The van der Waals surface area contributed by atoms with Crippen molar-refractivity contribution >= 4 is 34.7 Å². The van der Waals surface area contributed by atoms with E-state index in [1.54, 1.807) is 6.21 Å². The molecule has 0 saturated carbocycles. The van der Waals surface area contributed by atoms with Crippen LogP contribution in [0.2, 0.25) is 0 Å². The molecular formula is C22H24N8O. The summed E-state index contributed by atoms with van der Waals surface area (Å²) >= 11 is 0. The number of guanidine groups is 2. The molecule has 0 radical (unpaired) electrons. The van der Waals surface area contributed by atoms with E-state index in [4.69, 9.17) is 14.7 Å². The summed E-state index contributed by atoms with van der Waals surface area (Å²) in [6.07, 6.45) is 3.37. The number of benzene rings is 2. The fraction of sp³-hybridized carbons (Fsp3) is 0.227. The summed E-state index contributed by atoms with van der Waals surface area (Å²) in [5.41, 5.74) is 6.04. The monoisotopic (exact) mass is 416 g/mol. The average Bonchev–Trinajstić information content (AvgIpc) is 3.23. The summed E-state index contributed by atoms with van der Waals surface area (Å²) in [6.45, 7) is 2.92. The molecule has 5 rings (SSSR count). The lowest BCUT2D eigenvalue weighted by Crippen LogP contribution is -2.51. The number of nitrogens with zero attached hydrogens (tertiary/aromatic N) is 4. The first kappa shape index (κ1) is 19.3. The Morgan fingerprint density at radius 3 is 2.65 bits per heavy atom. The van der Waals surface area contributed by atoms with Crippen molar-refractivity contribution in [1.82, 2.24) is 20.6 Å². The van der Waals surface area contributed by atoms with Gasteiger partial charge in [0.05, 0.1) is 19.4 Å². The number of fused-ring (bicyclic) bond motifs is 1. The molecule has 2 aliphatic heterocycles. The van der Waals surface area contributed by atoms with E-state index in [-0.39, 0.29) is 6.29 Å². The molecule has 158 valence electrons. The van der Waals surface area contributed by atoms with Gasteiger partial charge in [-0.15, -0.1) is 0 Å². The van der Waals surface area contributed by atoms with Gasteiger partial charge in [0.1, 0.15) is 0 Å². The molecule has 0 bridgehead atoms. The molecule has 0 aliphatic carbocycles. The first-order valence-corrected chi connectivity index (χ1v) is 10.3. The predicted molar refractivity (Wildman–Crippen MR) is 123 cm³/mol. The number of ether oxygens (including phenoxy) is 1. The standard InChI is InChI=1S/C22H24N8O/c1-2-6-17(7-3-1)25-20-26-21(28-22(27-20)30-10-12-31-13-11-30)29-24-15-16-14-23-19-9-5-4-8-18(16)19/h1-9,14-15,22-23H,10-13H2,(H3,25,26,27,28,29)/b24-15+. The van der Waals surface area contributed by atoms with Gasteiger partial charge >= 0.3 is 0 Å². The normalized spacial score (nSPS) is 19.7. The van der Waals surface area contributed by atoms with Crippen molar-refractivity contribution in [2.75, 3.05) is 31.6 Å². The Labute approximate surface area is 179 Å². The molecule has 0 spiro atoms. The van der Waals surface area contributed by atoms with Crippen molar-refractivity contribution in [3.63, 3.8) is 0 Å². The third kappa shape index (κ3) is 4.57. The number of para-hydroxylation sites is 2. The van der Waals surface area contributed by atoms with Crippen LogP contribution in [0.1, 0.15) is 5.56 Å². The number of anilines is 1. The fourth-order valence-electron chi connectivity index (χ4n) is 3.55. The molecule has 1 unspecified atom stereocenters. The summed E-state index contributed by atoms with van der Waals surface area (Å²) in [6, 6.07) is 18.0. The van der Waals surface area contributed by atoms with Gasteiger partial charge in [-0.1, -0.05) is 36.4 Å². The Morgan fingerprint density at radius 1 is 1.00 bits per heavy atom. The number of aliphatic imine (C=N–C) groups is 2. The van der Waals surface area contributed by atoms with E-state index in [1.165, 1.54) is 0 Å². The van der Waals surface area contributed by atoms with Gasteiger partial charge < -0.3 is 15.0 Å². The predicted octanol–water partition coefficient (Wildman–Crippen LogP) is 2.13. The fourth-order valence-corrected chi connectivity index (χ4v) is 3.55. The zero-order valence-corrected chi connectivity index (χ0v) is 17.0. The molecule has 1 saturated heterocycles. The van der Waals surface area contributed by atoms with Crippen molar-refractivity contribution in [2.24, 2.45) is 15.1 Å². The molecule has 31 heavy (non-hydrogen) atoms. The van der Waals surface area contributed by atoms with Gasteiger partial charge in [-0.25, -0.2) is 15.4 Å². The van der Waals surface area contributed by atoms with Crippen LogP contribution in [0.25, 0.3) is 10.9 Å². The van der Waals surface area contributed by atoms with Crippen molar-refractivity contribution in [3.05, 3.63) is 66.4 Å². The number of hydrogen-bond donors (Lipinski definition) is 4. The van der Waals surface area contributed by atoms with Crippen LogP contribution in [-0.2, 0) is 4.74 Å². The number of nitrogens with one attached hydrogen (secondary N) is 4. The van der Waals surface area contributed by atoms with E-state index in [1.807, 2.05) is 54.7 Å². The maximum absolute atomic E-state index is 5.47. The Kier molecular flexibility index (Phi) is 5.59. The minimum Gasteiger partial charge on any atom is -0.379 e. The van der Waals surface area contributed by atoms with Crippen molar-refractivity contribution in [1.29, 1.82) is 0 Å². The first-order chi connectivity index (χ1) is 15.3. The Balaban J connectivity index is 1.33. The Bertz CT molecular complexity index is 1110. The van der Waals surface area contributed by atoms with Gasteiger partial charge in [0, 0.05) is 41.4 Å². The number of morpholine rings is 1. The Hall–Kier alpha value is -3.69. The van der Waals surface area contributed by atoms with E-state index in [2.05, 4.69) is 37.1 Å². The van der Waals surface area contributed by atoms with Crippen molar-refractivity contribution in [2.45, 2.75) is 6.29 Å². The number of rotatable bonds is 4. The number of H-pyrrole nitrogens is 1. The van der Waals surface area contributed by atoms with Crippen LogP contribution in [0.5, 0.6) is 0 Å². The summed E-state index contributed by atoms with van der Waals surface area (Å²) < 4.78 is 5.47. The molecule has 2 aromatic carbocycles. The quantitative estimate of drug-likeness (QED) is 0.386. The summed E-state index contributed by atoms with van der Waals surface area (Å²) in [5, 5.41) is 12.0. The summed E-state index contributed by atoms with van der Waals surface area (Å²) in [5.74, 6) is 1.14. The van der Waals surface area contributed by atoms with E-state index in [0.717, 1.165) is 35.2 Å². The van der Waals surface area contributed by atoms with Gasteiger partial charge in [0.25, 0.3) is 0 Å². The molecule has 9 heteroatoms. The smallest absolute Gasteiger partial charge is 0.222 e. The maximum Gasteiger partial charge on any atom is 0.222 e. The lowest BCUT2D eigenvalue weighted by atomic mass is 10.2. The highest BCUT2D eigenvalue weighted by molar-refractivity contribution is 6.06. The topological polar surface area (TPSA) is 101 Å². The summed E-state index contributed by atoms with van der Waals surface area (Å²) in [4.78, 5) is 14.9. The first-order valence-electron chi connectivity index (χ1n) is 10.3. The van der Waals surface area contributed by atoms with E-state index < -0.39 is 0 Å². The highest BCUT2D eigenvalue weighted by atomic mass is 16.5. The summed E-state index contributed by atoms with van der Waals surface area (Å²) in [7, 11) is 0. The highest BCUT2D eigenvalue weighted by Crippen LogP contribution is 2.16. The number of hydrazone groups is 1. The maximum atomic E-state index is 5.47. The SMILES string of the molecule is C(=N\NC1=NC(N2CCOCC2)N=C(Nc2ccccc2)N1)/c1c[nH]c2ccccc12. The van der Waals surface area contributed by atoms with Crippen molar-refractivity contribution in [3.8, 4) is 0 Å². The van der Waals surface area contributed by atoms with Gasteiger partial charge in [-0.3, -0.25) is 10.2 Å². The van der Waals surface area contributed by atoms with E-state index in [0.29, 0.717) is 25.1 Å². The van der Waals surface area contributed by atoms with E-state index in [9.17, 15) is 0 Å². The molecule has 9 nitrogen and oxygen atoms in total. The molecule has 1 aromatic heterocycles. The largest absolute Gasteiger partial charge is 0.379 e. The van der Waals surface area contributed by atoms with Crippen LogP contribution in [0.4, 0.5) is 5.69 Å². The Morgan fingerprint density at radius 2 is 1.77 bits per heavy atom. The second kappa shape index (κ2) is 8.99. The molecule has 3 heterocycles. The second-order valence-corrected chi connectivity index (χ2v) is 7.23. The third-order valence-corrected chi connectivity index (χ3v) is 5.13. The van der Waals surface area contributed by atoms with Crippen LogP contribution >= 0.6 is 0 Å². The number of aromatic nitrogens is 1. The van der Waals surface area contributed by atoms with Gasteiger partial charge in [-0.05, 0) is 18.2 Å². The molecular weight excluding hydrogens is 392 g/mol. The molecule has 1 atom stereocenters. The van der Waals surface area contributed by atoms with Crippen LogP contribution in [0.15, 0.2) is 75.9 Å². The second-order valence-electron chi connectivity index (χ2n) is 7.23.